The SMILES string of the molecule is CCc1ccc(C(O)C(O)CCNC)cc1. The lowest BCUT2D eigenvalue weighted by molar-refractivity contribution is 0.0140. The van der Waals surface area contributed by atoms with Gasteiger partial charge in [-0.2, -0.15) is 0 Å². The zero-order chi connectivity index (χ0) is 12.0. The number of hydrogen-bond donors (Lipinski definition) is 3. The van der Waals surface area contributed by atoms with Crippen molar-refractivity contribution in [3.8, 4) is 0 Å². The molecule has 1 aromatic rings. The Morgan fingerprint density at radius 1 is 1.19 bits per heavy atom. The molecule has 0 radical (unpaired) electrons. The number of aliphatic hydroxyl groups is 2. The van der Waals surface area contributed by atoms with Crippen LogP contribution < -0.4 is 5.32 Å². The van der Waals surface area contributed by atoms with Gasteiger partial charge in [0.1, 0.15) is 6.10 Å². The summed E-state index contributed by atoms with van der Waals surface area (Å²) < 4.78 is 0. The van der Waals surface area contributed by atoms with E-state index in [1.54, 1.807) is 0 Å². The first kappa shape index (κ1) is 13.2. The lowest BCUT2D eigenvalue weighted by Gasteiger charge is -2.18. The summed E-state index contributed by atoms with van der Waals surface area (Å²) in [5.74, 6) is 0. The van der Waals surface area contributed by atoms with Gasteiger partial charge < -0.3 is 15.5 Å². The lowest BCUT2D eigenvalue weighted by atomic mass is 10.0. The Hall–Kier alpha value is -0.900. The first-order valence-electron chi connectivity index (χ1n) is 5.78. The average Bonchev–Trinajstić information content (AvgIpc) is 2.35. The minimum absolute atomic E-state index is 0.549. The van der Waals surface area contributed by atoms with Crippen molar-refractivity contribution in [3.05, 3.63) is 35.4 Å². The van der Waals surface area contributed by atoms with E-state index < -0.39 is 12.2 Å². The Kier molecular flexibility index (Phi) is 5.46. The molecule has 0 aliphatic heterocycles. The smallest absolute Gasteiger partial charge is 0.105 e. The molecule has 0 aromatic heterocycles. The first-order chi connectivity index (χ1) is 7.69. The van der Waals surface area contributed by atoms with Crippen LogP contribution >= 0.6 is 0 Å². The van der Waals surface area contributed by atoms with Gasteiger partial charge in [-0.3, -0.25) is 0 Å². The first-order valence-corrected chi connectivity index (χ1v) is 5.78. The molecule has 2 unspecified atom stereocenters. The maximum absolute atomic E-state index is 9.90. The van der Waals surface area contributed by atoms with E-state index in [0.29, 0.717) is 13.0 Å². The Morgan fingerprint density at radius 2 is 1.81 bits per heavy atom. The molecule has 0 bridgehead atoms. The van der Waals surface area contributed by atoms with Gasteiger partial charge in [-0.1, -0.05) is 31.2 Å². The standard InChI is InChI=1S/C13H21NO2/c1-3-10-4-6-11(7-5-10)13(16)12(15)8-9-14-2/h4-7,12-16H,3,8-9H2,1-2H3. The molecule has 0 aliphatic rings. The van der Waals surface area contributed by atoms with E-state index in [4.69, 9.17) is 0 Å². The Bertz CT molecular complexity index is 297. The van der Waals surface area contributed by atoms with Crippen molar-refractivity contribution in [3.63, 3.8) is 0 Å². The van der Waals surface area contributed by atoms with Gasteiger partial charge in [-0.15, -0.1) is 0 Å². The fraction of sp³-hybridized carbons (Fsp3) is 0.538. The maximum Gasteiger partial charge on any atom is 0.105 e. The summed E-state index contributed by atoms with van der Waals surface area (Å²) in [5, 5.41) is 22.6. The second-order valence-corrected chi connectivity index (χ2v) is 4.00. The van der Waals surface area contributed by atoms with Gasteiger partial charge in [0.2, 0.25) is 0 Å². The topological polar surface area (TPSA) is 52.5 Å². The monoisotopic (exact) mass is 223 g/mol. The van der Waals surface area contributed by atoms with Gasteiger partial charge >= 0.3 is 0 Å². The predicted molar refractivity (Wildman–Crippen MR) is 65.3 cm³/mol. The normalized spacial score (nSPS) is 14.8. The Balaban J connectivity index is 2.60. The van der Waals surface area contributed by atoms with Crippen LogP contribution in [-0.2, 0) is 6.42 Å². The summed E-state index contributed by atoms with van der Waals surface area (Å²) in [6.07, 6.45) is 0.0329. The van der Waals surface area contributed by atoms with Crippen LogP contribution in [0.15, 0.2) is 24.3 Å². The summed E-state index contributed by atoms with van der Waals surface area (Å²) in [5.41, 5.74) is 2.02. The molecule has 90 valence electrons. The van der Waals surface area contributed by atoms with Crippen molar-refractivity contribution in [2.45, 2.75) is 32.0 Å². The van der Waals surface area contributed by atoms with Gasteiger partial charge in [0.05, 0.1) is 6.10 Å². The molecule has 0 aliphatic carbocycles. The number of rotatable bonds is 6. The molecule has 0 spiro atoms. The van der Waals surface area contributed by atoms with Gasteiger partial charge in [0, 0.05) is 0 Å². The third-order valence-electron chi connectivity index (χ3n) is 2.78. The molecule has 1 aromatic carbocycles. The summed E-state index contributed by atoms with van der Waals surface area (Å²) in [6, 6.07) is 7.74. The zero-order valence-electron chi connectivity index (χ0n) is 9.98. The second-order valence-electron chi connectivity index (χ2n) is 4.00. The lowest BCUT2D eigenvalue weighted by Crippen LogP contribution is -2.23. The highest BCUT2D eigenvalue weighted by Gasteiger charge is 2.17. The van der Waals surface area contributed by atoms with Crippen LogP contribution in [0.2, 0.25) is 0 Å². The molecule has 1 rings (SSSR count). The van der Waals surface area contributed by atoms with Crippen molar-refractivity contribution in [2.75, 3.05) is 13.6 Å². The molecule has 3 nitrogen and oxygen atoms in total. The second kappa shape index (κ2) is 6.63. The fourth-order valence-corrected chi connectivity index (χ4v) is 1.62. The predicted octanol–water partition coefficient (Wildman–Crippen LogP) is 1.25. The summed E-state index contributed by atoms with van der Waals surface area (Å²) in [6.45, 7) is 2.79. The van der Waals surface area contributed by atoms with Gasteiger partial charge in [0.15, 0.2) is 0 Å². The molecule has 0 heterocycles. The van der Waals surface area contributed by atoms with E-state index in [-0.39, 0.29) is 0 Å². The maximum atomic E-state index is 9.90. The summed E-state index contributed by atoms with van der Waals surface area (Å²) in [7, 11) is 1.83. The van der Waals surface area contributed by atoms with E-state index in [9.17, 15) is 10.2 Å². The van der Waals surface area contributed by atoms with Crippen molar-refractivity contribution >= 4 is 0 Å². The van der Waals surface area contributed by atoms with Crippen molar-refractivity contribution < 1.29 is 10.2 Å². The number of aliphatic hydroxyl groups excluding tert-OH is 2. The van der Waals surface area contributed by atoms with Crippen LogP contribution in [0.3, 0.4) is 0 Å². The third-order valence-corrected chi connectivity index (χ3v) is 2.78. The Labute approximate surface area is 97.1 Å². The van der Waals surface area contributed by atoms with E-state index in [0.717, 1.165) is 12.0 Å². The van der Waals surface area contributed by atoms with Crippen LogP contribution in [0.1, 0.15) is 30.6 Å². The zero-order valence-corrected chi connectivity index (χ0v) is 9.98. The minimum Gasteiger partial charge on any atom is -0.390 e. The average molecular weight is 223 g/mol. The largest absolute Gasteiger partial charge is 0.390 e. The highest BCUT2D eigenvalue weighted by Crippen LogP contribution is 2.19. The molecule has 0 saturated heterocycles. The summed E-state index contributed by atoms with van der Waals surface area (Å²) >= 11 is 0. The number of nitrogens with one attached hydrogen (secondary N) is 1. The molecule has 3 N–H and O–H groups in total. The molecule has 2 atom stereocenters. The number of hydrogen-bond acceptors (Lipinski definition) is 3. The van der Waals surface area contributed by atoms with E-state index >= 15 is 0 Å². The van der Waals surface area contributed by atoms with Crippen molar-refractivity contribution in [1.82, 2.24) is 5.32 Å². The van der Waals surface area contributed by atoms with Gasteiger partial charge in [-0.25, -0.2) is 0 Å². The molecule has 0 fully saturated rings. The quantitative estimate of drug-likeness (QED) is 0.680. The molecule has 0 amide bonds. The minimum atomic E-state index is -0.792. The summed E-state index contributed by atoms with van der Waals surface area (Å²) in [4.78, 5) is 0. The molecule has 0 saturated carbocycles. The van der Waals surface area contributed by atoms with Crippen LogP contribution in [0, 0.1) is 0 Å². The molecular formula is C13H21NO2. The number of aryl methyl sites for hydroxylation is 1. The molecular weight excluding hydrogens is 202 g/mol. The van der Waals surface area contributed by atoms with Crippen molar-refractivity contribution in [2.24, 2.45) is 0 Å². The van der Waals surface area contributed by atoms with E-state index in [1.807, 2.05) is 31.3 Å². The highest BCUT2D eigenvalue weighted by molar-refractivity contribution is 5.24. The third kappa shape index (κ3) is 3.59. The highest BCUT2D eigenvalue weighted by atomic mass is 16.3. The fourth-order valence-electron chi connectivity index (χ4n) is 1.62. The van der Waals surface area contributed by atoms with Gasteiger partial charge in [-0.05, 0) is 37.6 Å². The van der Waals surface area contributed by atoms with E-state index in [2.05, 4.69) is 12.2 Å². The van der Waals surface area contributed by atoms with Crippen LogP contribution in [0.5, 0.6) is 0 Å². The van der Waals surface area contributed by atoms with E-state index in [1.165, 1.54) is 5.56 Å². The number of benzene rings is 1. The molecule has 3 heteroatoms. The van der Waals surface area contributed by atoms with Crippen molar-refractivity contribution in [1.29, 1.82) is 0 Å². The van der Waals surface area contributed by atoms with Crippen LogP contribution in [0.4, 0.5) is 0 Å². The van der Waals surface area contributed by atoms with Crippen LogP contribution in [0.25, 0.3) is 0 Å². The van der Waals surface area contributed by atoms with Crippen LogP contribution in [-0.4, -0.2) is 29.9 Å². The van der Waals surface area contributed by atoms with Gasteiger partial charge in [0.25, 0.3) is 0 Å². The molecule has 16 heavy (non-hydrogen) atoms. The Morgan fingerprint density at radius 3 is 2.31 bits per heavy atom.